The zero-order valence-electron chi connectivity index (χ0n) is 11.4. The average Bonchev–Trinajstić information content (AvgIpc) is 2.20. The van der Waals surface area contributed by atoms with Crippen molar-refractivity contribution in [1.82, 2.24) is 0 Å². The standard InChI is InChI=1S/C14H19NO4/c1-9-6-10(4-5-11(9)16)15-12(17)7-14(2,3)8-13(18)19/h4-6,16H,7-8H2,1-3H3,(H,15,17)(H,18,19). The molecule has 0 bridgehead atoms. The smallest absolute Gasteiger partial charge is 0.303 e. The summed E-state index contributed by atoms with van der Waals surface area (Å²) in [5.41, 5.74) is 0.663. The van der Waals surface area contributed by atoms with Crippen molar-refractivity contribution in [3.05, 3.63) is 23.8 Å². The topological polar surface area (TPSA) is 86.6 Å². The van der Waals surface area contributed by atoms with E-state index in [0.717, 1.165) is 0 Å². The lowest BCUT2D eigenvalue weighted by molar-refractivity contribution is -0.139. The largest absolute Gasteiger partial charge is 0.508 e. The van der Waals surface area contributed by atoms with Gasteiger partial charge in [0.2, 0.25) is 5.91 Å². The summed E-state index contributed by atoms with van der Waals surface area (Å²) < 4.78 is 0. The van der Waals surface area contributed by atoms with E-state index in [2.05, 4.69) is 5.32 Å². The van der Waals surface area contributed by atoms with E-state index in [1.54, 1.807) is 32.9 Å². The molecule has 0 fully saturated rings. The number of carbonyl (C=O) groups is 2. The minimum absolute atomic E-state index is 0.0605. The van der Waals surface area contributed by atoms with Crippen LogP contribution in [0.4, 0.5) is 5.69 Å². The van der Waals surface area contributed by atoms with Gasteiger partial charge in [0.25, 0.3) is 0 Å². The van der Waals surface area contributed by atoms with Crippen LogP contribution >= 0.6 is 0 Å². The Bertz CT molecular complexity index is 494. The lowest BCUT2D eigenvalue weighted by atomic mass is 9.85. The fourth-order valence-corrected chi connectivity index (χ4v) is 1.84. The molecule has 5 nitrogen and oxygen atoms in total. The Morgan fingerprint density at radius 3 is 2.42 bits per heavy atom. The van der Waals surface area contributed by atoms with Crippen molar-refractivity contribution in [2.75, 3.05) is 5.32 Å². The Labute approximate surface area is 112 Å². The summed E-state index contributed by atoms with van der Waals surface area (Å²) >= 11 is 0. The van der Waals surface area contributed by atoms with Gasteiger partial charge in [-0.25, -0.2) is 0 Å². The van der Waals surface area contributed by atoms with E-state index >= 15 is 0 Å². The maximum atomic E-state index is 11.8. The highest BCUT2D eigenvalue weighted by Crippen LogP contribution is 2.26. The number of carboxylic acid groups (broad SMARTS) is 1. The highest BCUT2D eigenvalue weighted by atomic mass is 16.4. The summed E-state index contributed by atoms with van der Waals surface area (Å²) in [6.45, 7) is 5.21. The van der Waals surface area contributed by atoms with Crippen LogP contribution in [0, 0.1) is 12.3 Å². The SMILES string of the molecule is Cc1cc(NC(=O)CC(C)(C)CC(=O)O)ccc1O. The first-order valence-corrected chi connectivity index (χ1v) is 6.01. The van der Waals surface area contributed by atoms with Crippen LogP contribution < -0.4 is 5.32 Å². The van der Waals surface area contributed by atoms with Crippen LogP contribution in [-0.2, 0) is 9.59 Å². The number of aryl methyl sites for hydroxylation is 1. The number of phenolic OH excluding ortho intramolecular Hbond substituents is 1. The number of hydrogen-bond acceptors (Lipinski definition) is 3. The number of rotatable bonds is 5. The zero-order chi connectivity index (χ0) is 14.6. The molecule has 5 heteroatoms. The van der Waals surface area contributed by atoms with Gasteiger partial charge in [-0.1, -0.05) is 13.8 Å². The van der Waals surface area contributed by atoms with E-state index in [-0.39, 0.29) is 24.5 Å². The van der Waals surface area contributed by atoms with E-state index in [4.69, 9.17) is 5.11 Å². The highest BCUT2D eigenvalue weighted by Gasteiger charge is 2.25. The molecule has 0 saturated heterocycles. The molecule has 1 aromatic carbocycles. The van der Waals surface area contributed by atoms with Crippen LogP contribution in [0.2, 0.25) is 0 Å². The number of aliphatic carboxylic acids is 1. The van der Waals surface area contributed by atoms with Gasteiger partial charge < -0.3 is 15.5 Å². The predicted molar refractivity (Wildman–Crippen MR) is 72.1 cm³/mol. The number of nitrogens with one attached hydrogen (secondary N) is 1. The molecular weight excluding hydrogens is 246 g/mol. The molecular formula is C14H19NO4. The average molecular weight is 265 g/mol. The number of amides is 1. The molecule has 0 radical (unpaired) electrons. The summed E-state index contributed by atoms with van der Waals surface area (Å²) in [5, 5.41) is 20.8. The van der Waals surface area contributed by atoms with Crippen molar-refractivity contribution in [3.8, 4) is 5.75 Å². The summed E-state index contributed by atoms with van der Waals surface area (Å²) in [4.78, 5) is 22.5. The minimum atomic E-state index is -0.918. The van der Waals surface area contributed by atoms with Crippen LogP contribution in [0.1, 0.15) is 32.3 Å². The zero-order valence-corrected chi connectivity index (χ0v) is 11.4. The van der Waals surface area contributed by atoms with Gasteiger partial charge in [0.1, 0.15) is 5.75 Å². The van der Waals surface area contributed by atoms with Crippen LogP contribution in [0.5, 0.6) is 5.75 Å². The summed E-state index contributed by atoms with van der Waals surface area (Å²) in [5.74, 6) is -0.987. The summed E-state index contributed by atoms with van der Waals surface area (Å²) in [6, 6.07) is 4.77. The maximum absolute atomic E-state index is 11.8. The molecule has 0 aliphatic heterocycles. The van der Waals surface area contributed by atoms with Crippen molar-refractivity contribution in [1.29, 1.82) is 0 Å². The summed E-state index contributed by atoms with van der Waals surface area (Å²) in [7, 11) is 0. The molecule has 0 saturated carbocycles. The van der Waals surface area contributed by atoms with Crippen LogP contribution in [0.15, 0.2) is 18.2 Å². The fourth-order valence-electron chi connectivity index (χ4n) is 1.84. The van der Waals surface area contributed by atoms with Crippen LogP contribution in [0.3, 0.4) is 0 Å². The van der Waals surface area contributed by atoms with Crippen molar-refractivity contribution >= 4 is 17.6 Å². The highest BCUT2D eigenvalue weighted by molar-refractivity contribution is 5.91. The monoisotopic (exact) mass is 265 g/mol. The Balaban J connectivity index is 2.64. The second-order valence-electron chi connectivity index (χ2n) is 5.46. The van der Waals surface area contributed by atoms with Gasteiger partial charge in [-0.3, -0.25) is 9.59 Å². The summed E-state index contributed by atoms with van der Waals surface area (Å²) in [6.07, 6.45) is 0.0637. The maximum Gasteiger partial charge on any atom is 0.303 e. The molecule has 0 aliphatic carbocycles. The Kier molecular flexibility index (Phi) is 4.53. The van der Waals surface area contributed by atoms with Gasteiger partial charge >= 0.3 is 5.97 Å². The molecule has 1 aromatic rings. The third-order valence-electron chi connectivity index (χ3n) is 2.75. The second-order valence-corrected chi connectivity index (χ2v) is 5.46. The van der Waals surface area contributed by atoms with E-state index < -0.39 is 11.4 Å². The molecule has 0 aromatic heterocycles. The van der Waals surface area contributed by atoms with Gasteiger partial charge in [-0.05, 0) is 36.1 Å². The number of carboxylic acids is 1. The van der Waals surface area contributed by atoms with Crippen LogP contribution in [-0.4, -0.2) is 22.1 Å². The van der Waals surface area contributed by atoms with E-state index in [9.17, 15) is 14.7 Å². The molecule has 1 rings (SSSR count). The van der Waals surface area contributed by atoms with Gasteiger partial charge in [-0.2, -0.15) is 0 Å². The number of aromatic hydroxyl groups is 1. The normalized spacial score (nSPS) is 11.1. The van der Waals surface area contributed by atoms with E-state index in [0.29, 0.717) is 11.3 Å². The second kappa shape index (κ2) is 5.73. The molecule has 0 spiro atoms. The number of hydrogen-bond donors (Lipinski definition) is 3. The molecule has 1 amide bonds. The predicted octanol–water partition coefficient (Wildman–Crippen LogP) is 2.53. The van der Waals surface area contributed by atoms with Gasteiger partial charge in [0, 0.05) is 12.1 Å². The third-order valence-corrected chi connectivity index (χ3v) is 2.75. The molecule has 0 aliphatic rings. The van der Waals surface area contributed by atoms with Crippen LogP contribution in [0.25, 0.3) is 0 Å². The third kappa shape index (κ3) is 4.99. The molecule has 19 heavy (non-hydrogen) atoms. The Hall–Kier alpha value is -2.04. The van der Waals surface area contributed by atoms with E-state index in [1.807, 2.05) is 0 Å². The quantitative estimate of drug-likeness (QED) is 0.714. The first-order chi connectivity index (χ1) is 8.69. The number of benzene rings is 1. The fraction of sp³-hybridized carbons (Fsp3) is 0.429. The molecule has 0 atom stereocenters. The van der Waals surface area contributed by atoms with Gasteiger partial charge in [0.05, 0.1) is 6.42 Å². The number of anilines is 1. The molecule has 3 N–H and O–H groups in total. The van der Waals surface area contributed by atoms with Crippen molar-refractivity contribution in [3.63, 3.8) is 0 Å². The molecule has 0 unspecified atom stereocenters. The minimum Gasteiger partial charge on any atom is -0.508 e. The first kappa shape index (κ1) is 15.0. The molecule has 0 heterocycles. The number of phenols is 1. The van der Waals surface area contributed by atoms with E-state index in [1.165, 1.54) is 6.07 Å². The molecule has 104 valence electrons. The lowest BCUT2D eigenvalue weighted by Crippen LogP contribution is -2.24. The first-order valence-electron chi connectivity index (χ1n) is 6.01. The lowest BCUT2D eigenvalue weighted by Gasteiger charge is -2.21. The Morgan fingerprint density at radius 1 is 1.26 bits per heavy atom. The Morgan fingerprint density at radius 2 is 1.89 bits per heavy atom. The van der Waals surface area contributed by atoms with Gasteiger partial charge in [0.15, 0.2) is 0 Å². The van der Waals surface area contributed by atoms with Crippen molar-refractivity contribution in [2.24, 2.45) is 5.41 Å². The number of carbonyl (C=O) groups excluding carboxylic acids is 1. The van der Waals surface area contributed by atoms with Crippen molar-refractivity contribution < 1.29 is 19.8 Å². The van der Waals surface area contributed by atoms with Crippen molar-refractivity contribution in [2.45, 2.75) is 33.6 Å². The van der Waals surface area contributed by atoms with Gasteiger partial charge in [-0.15, -0.1) is 0 Å².